The van der Waals surface area contributed by atoms with Gasteiger partial charge in [0.2, 0.25) is 0 Å². The topological polar surface area (TPSA) is 32.7 Å². The predicted molar refractivity (Wildman–Crippen MR) is 63.5 cm³/mol. The van der Waals surface area contributed by atoms with Crippen LogP contribution in [0.15, 0.2) is 18.2 Å². The lowest BCUT2D eigenvalue weighted by Gasteiger charge is -2.18. The van der Waals surface area contributed by atoms with Crippen molar-refractivity contribution >= 4 is 0 Å². The van der Waals surface area contributed by atoms with Crippen molar-refractivity contribution in [2.24, 2.45) is 0 Å². The summed E-state index contributed by atoms with van der Waals surface area (Å²) in [5, 5.41) is 9.77. The summed E-state index contributed by atoms with van der Waals surface area (Å²) in [6.45, 7) is 4.03. The Morgan fingerprint density at radius 3 is 2.89 bits per heavy atom. The van der Waals surface area contributed by atoms with E-state index in [1.807, 2.05) is 4.90 Å². The molecule has 0 amide bonds. The minimum Gasteiger partial charge on any atom is -0.489 e. The van der Waals surface area contributed by atoms with E-state index < -0.39 is 17.2 Å². The maximum atomic E-state index is 13.2. The number of hydrogen-bond acceptors (Lipinski definition) is 3. The number of nitrogens with zero attached hydrogens (tertiary/aromatic N) is 1. The van der Waals surface area contributed by atoms with Gasteiger partial charge in [-0.05, 0) is 25.5 Å². The van der Waals surface area contributed by atoms with Gasteiger partial charge in [0, 0.05) is 25.7 Å². The molecule has 1 aromatic carbocycles. The van der Waals surface area contributed by atoms with Gasteiger partial charge in [-0.15, -0.1) is 0 Å². The molecule has 2 rings (SSSR count). The highest BCUT2D eigenvalue weighted by molar-refractivity contribution is 5.24. The highest BCUT2D eigenvalue weighted by atomic mass is 19.1. The lowest BCUT2D eigenvalue weighted by atomic mass is 10.1. The number of aliphatic hydroxyl groups is 1. The standard InChI is InChI=1S/C13H17F2NO2/c1-13(17)4-5-16(9-13)6-7-18-12-8-10(14)2-3-11(12)15/h2-3,8,17H,4-7,9H2,1H3. The van der Waals surface area contributed by atoms with Crippen LogP contribution in [-0.4, -0.2) is 41.8 Å². The SMILES string of the molecule is CC1(O)CCN(CCOc2cc(F)ccc2F)C1. The number of ether oxygens (including phenoxy) is 1. The highest BCUT2D eigenvalue weighted by Crippen LogP contribution is 2.21. The average Bonchev–Trinajstić information content (AvgIpc) is 2.63. The van der Waals surface area contributed by atoms with Gasteiger partial charge in [0.15, 0.2) is 11.6 Å². The van der Waals surface area contributed by atoms with Crippen LogP contribution in [0.3, 0.4) is 0 Å². The highest BCUT2D eigenvalue weighted by Gasteiger charge is 2.30. The molecular weight excluding hydrogens is 240 g/mol. The molecule has 100 valence electrons. The van der Waals surface area contributed by atoms with E-state index in [0.29, 0.717) is 13.1 Å². The van der Waals surface area contributed by atoms with E-state index >= 15 is 0 Å². The summed E-state index contributed by atoms with van der Waals surface area (Å²) in [5.74, 6) is -1.15. The summed E-state index contributed by atoms with van der Waals surface area (Å²) in [7, 11) is 0. The minimum absolute atomic E-state index is 0.0686. The number of rotatable bonds is 4. The number of benzene rings is 1. The molecule has 0 saturated carbocycles. The second kappa shape index (κ2) is 5.20. The van der Waals surface area contributed by atoms with E-state index in [9.17, 15) is 13.9 Å². The fourth-order valence-electron chi connectivity index (χ4n) is 2.10. The molecule has 1 aliphatic heterocycles. The van der Waals surface area contributed by atoms with Crippen molar-refractivity contribution in [1.29, 1.82) is 0 Å². The first-order chi connectivity index (χ1) is 8.46. The Morgan fingerprint density at radius 2 is 2.22 bits per heavy atom. The quantitative estimate of drug-likeness (QED) is 0.892. The fourth-order valence-corrected chi connectivity index (χ4v) is 2.10. The zero-order valence-corrected chi connectivity index (χ0v) is 10.3. The first-order valence-corrected chi connectivity index (χ1v) is 5.99. The van der Waals surface area contributed by atoms with E-state index in [1.54, 1.807) is 6.92 Å². The first kappa shape index (κ1) is 13.2. The molecule has 0 radical (unpaired) electrons. The predicted octanol–water partition coefficient (Wildman–Crippen LogP) is 1.80. The van der Waals surface area contributed by atoms with Crippen molar-refractivity contribution in [1.82, 2.24) is 4.90 Å². The number of β-amino-alcohol motifs (C(OH)–C–C–N with tert-alkyl or cyclic N) is 1. The second-order valence-electron chi connectivity index (χ2n) is 4.95. The van der Waals surface area contributed by atoms with E-state index in [0.717, 1.165) is 31.2 Å². The lowest BCUT2D eigenvalue weighted by Crippen LogP contribution is -2.32. The van der Waals surface area contributed by atoms with Gasteiger partial charge in [-0.3, -0.25) is 4.90 Å². The normalized spacial score (nSPS) is 24.4. The van der Waals surface area contributed by atoms with Crippen molar-refractivity contribution in [2.75, 3.05) is 26.2 Å². The first-order valence-electron chi connectivity index (χ1n) is 5.99. The Labute approximate surface area is 105 Å². The van der Waals surface area contributed by atoms with Crippen molar-refractivity contribution in [3.63, 3.8) is 0 Å². The summed E-state index contributed by atoms with van der Waals surface area (Å²) in [6.07, 6.45) is 0.724. The Bertz CT molecular complexity index is 423. The zero-order valence-electron chi connectivity index (χ0n) is 10.3. The van der Waals surface area contributed by atoms with Crippen LogP contribution in [-0.2, 0) is 0 Å². The molecule has 1 fully saturated rings. The van der Waals surface area contributed by atoms with Crippen LogP contribution >= 0.6 is 0 Å². The van der Waals surface area contributed by atoms with E-state index in [4.69, 9.17) is 4.74 Å². The van der Waals surface area contributed by atoms with Crippen molar-refractivity contribution in [3.8, 4) is 5.75 Å². The molecular formula is C13H17F2NO2. The van der Waals surface area contributed by atoms with Crippen LogP contribution in [0.25, 0.3) is 0 Å². The Balaban J connectivity index is 1.80. The molecule has 0 aliphatic carbocycles. The molecule has 1 unspecified atom stereocenters. The molecule has 1 heterocycles. The van der Waals surface area contributed by atoms with Crippen molar-refractivity contribution < 1.29 is 18.6 Å². The van der Waals surface area contributed by atoms with Crippen LogP contribution in [0.1, 0.15) is 13.3 Å². The molecule has 1 atom stereocenters. The van der Waals surface area contributed by atoms with Gasteiger partial charge in [0.1, 0.15) is 12.4 Å². The third-order valence-corrected chi connectivity index (χ3v) is 3.09. The van der Waals surface area contributed by atoms with Crippen LogP contribution < -0.4 is 4.74 Å². The Hall–Kier alpha value is -1.20. The Kier molecular flexibility index (Phi) is 3.82. The minimum atomic E-state index is -0.649. The van der Waals surface area contributed by atoms with Gasteiger partial charge in [-0.1, -0.05) is 0 Å². The molecule has 18 heavy (non-hydrogen) atoms. The zero-order chi connectivity index (χ0) is 13.2. The summed E-state index contributed by atoms with van der Waals surface area (Å²) in [6, 6.07) is 3.14. The third-order valence-electron chi connectivity index (χ3n) is 3.09. The van der Waals surface area contributed by atoms with E-state index in [1.165, 1.54) is 0 Å². The molecule has 3 nitrogen and oxygen atoms in total. The summed E-state index contributed by atoms with van der Waals surface area (Å²) in [4.78, 5) is 2.04. The summed E-state index contributed by atoms with van der Waals surface area (Å²) >= 11 is 0. The molecule has 1 aliphatic rings. The maximum absolute atomic E-state index is 13.2. The molecule has 0 spiro atoms. The van der Waals surface area contributed by atoms with Gasteiger partial charge in [-0.2, -0.15) is 0 Å². The smallest absolute Gasteiger partial charge is 0.165 e. The number of hydrogen-bond donors (Lipinski definition) is 1. The van der Waals surface area contributed by atoms with E-state index in [-0.39, 0.29) is 12.4 Å². The maximum Gasteiger partial charge on any atom is 0.165 e. The second-order valence-corrected chi connectivity index (χ2v) is 4.95. The van der Waals surface area contributed by atoms with Crippen molar-refractivity contribution in [2.45, 2.75) is 18.9 Å². The van der Waals surface area contributed by atoms with Crippen molar-refractivity contribution in [3.05, 3.63) is 29.8 Å². The molecule has 0 bridgehead atoms. The number of likely N-dealkylation sites (tertiary alicyclic amines) is 1. The van der Waals surface area contributed by atoms with Gasteiger partial charge >= 0.3 is 0 Å². The van der Waals surface area contributed by atoms with Gasteiger partial charge in [0.25, 0.3) is 0 Å². The van der Waals surface area contributed by atoms with Gasteiger partial charge < -0.3 is 9.84 Å². The lowest BCUT2D eigenvalue weighted by molar-refractivity contribution is 0.0669. The molecule has 5 heteroatoms. The molecule has 1 saturated heterocycles. The van der Waals surface area contributed by atoms with Crippen LogP contribution in [0, 0.1) is 11.6 Å². The van der Waals surface area contributed by atoms with Gasteiger partial charge in [0.05, 0.1) is 5.60 Å². The fraction of sp³-hybridized carbons (Fsp3) is 0.538. The Morgan fingerprint density at radius 1 is 1.44 bits per heavy atom. The van der Waals surface area contributed by atoms with Crippen LogP contribution in [0.5, 0.6) is 5.75 Å². The third kappa shape index (κ3) is 3.40. The molecule has 1 aromatic rings. The molecule has 1 N–H and O–H groups in total. The van der Waals surface area contributed by atoms with E-state index in [2.05, 4.69) is 0 Å². The number of halogens is 2. The van der Waals surface area contributed by atoms with Crippen LogP contribution in [0.2, 0.25) is 0 Å². The summed E-state index contributed by atoms with van der Waals surface area (Å²) < 4.78 is 31.3. The summed E-state index contributed by atoms with van der Waals surface area (Å²) in [5.41, 5.74) is -0.649. The average molecular weight is 257 g/mol. The molecule has 0 aromatic heterocycles. The van der Waals surface area contributed by atoms with Crippen LogP contribution in [0.4, 0.5) is 8.78 Å². The largest absolute Gasteiger partial charge is 0.489 e. The monoisotopic (exact) mass is 257 g/mol. The van der Waals surface area contributed by atoms with Gasteiger partial charge in [-0.25, -0.2) is 8.78 Å².